The van der Waals surface area contributed by atoms with Gasteiger partial charge in [-0.2, -0.15) is 0 Å². The van der Waals surface area contributed by atoms with E-state index in [-0.39, 0.29) is 18.4 Å². The first-order valence-corrected chi connectivity index (χ1v) is 9.26. The summed E-state index contributed by atoms with van der Waals surface area (Å²) >= 11 is 0. The second-order valence-electron chi connectivity index (χ2n) is 7.26. The number of carbonyl (C=O) groups is 2. The Bertz CT molecular complexity index is 797. The standard InChI is InChI=1S/C21H26N2O3/c1-14(2)9-10-22-21(25)18-11-15-5-3-4-6-16(15)12-19(18)26-13-20(24)23-17-7-8-17/h3-6,11-12,14,17H,7-10,13H2,1-2H3,(H,22,25)(H,23,24). The molecule has 0 aliphatic heterocycles. The molecule has 5 heteroatoms. The molecule has 0 spiro atoms. The molecule has 138 valence electrons. The second-order valence-corrected chi connectivity index (χ2v) is 7.26. The zero-order valence-corrected chi connectivity index (χ0v) is 15.4. The summed E-state index contributed by atoms with van der Waals surface area (Å²) in [7, 11) is 0. The number of nitrogens with one attached hydrogen (secondary N) is 2. The van der Waals surface area contributed by atoms with Crippen LogP contribution in [-0.4, -0.2) is 31.0 Å². The highest BCUT2D eigenvalue weighted by molar-refractivity contribution is 6.01. The Hall–Kier alpha value is -2.56. The maximum Gasteiger partial charge on any atom is 0.258 e. The van der Waals surface area contributed by atoms with E-state index >= 15 is 0 Å². The minimum Gasteiger partial charge on any atom is -0.483 e. The first-order chi connectivity index (χ1) is 12.5. The van der Waals surface area contributed by atoms with Gasteiger partial charge in [0.15, 0.2) is 6.61 Å². The van der Waals surface area contributed by atoms with E-state index in [9.17, 15) is 9.59 Å². The molecule has 0 heterocycles. The first-order valence-electron chi connectivity index (χ1n) is 9.26. The van der Waals surface area contributed by atoms with Gasteiger partial charge >= 0.3 is 0 Å². The number of hydrogen-bond donors (Lipinski definition) is 2. The third kappa shape index (κ3) is 4.97. The monoisotopic (exact) mass is 354 g/mol. The zero-order valence-electron chi connectivity index (χ0n) is 15.4. The van der Waals surface area contributed by atoms with Gasteiger partial charge in [0.25, 0.3) is 11.8 Å². The van der Waals surface area contributed by atoms with Crippen LogP contribution in [0.2, 0.25) is 0 Å². The summed E-state index contributed by atoms with van der Waals surface area (Å²) in [6, 6.07) is 11.8. The van der Waals surface area contributed by atoms with Crippen LogP contribution < -0.4 is 15.4 Å². The van der Waals surface area contributed by atoms with Crippen molar-refractivity contribution >= 4 is 22.6 Å². The molecule has 0 aromatic heterocycles. The number of rotatable bonds is 8. The predicted molar refractivity (Wildman–Crippen MR) is 102 cm³/mol. The molecule has 2 aromatic carbocycles. The fourth-order valence-corrected chi connectivity index (χ4v) is 2.73. The highest BCUT2D eigenvalue weighted by Crippen LogP contribution is 2.26. The van der Waals surface area contributed by atoms with Gasteiger partial charge in [-0.25, -0.2) is 0 Å². The Morgan fingerprint density at radius 2 is 1.85 bits per heavy atom. The second kappa shape index (κ2) is 8.21. The molecule has 2 aromatic rings. The molecule has 0 atom stereocenters. The summed E-state index contributed by atoms with van der Waals surface area (Å²) < 4.78 is 5.71. The van der Waals surface area contributed by atoms with Crippen LogP contribution in [0, 0.1) is 5.92 Å². The van der Waals surface area contributed by atoms with Gasteiger partial charge < -0.3 is 15.4 Å². The van der Waals surface area contributed by atoms with E-state index in [0.29, 0.717) is 29.8 Å². The lowest BCUT2D eigenvalue weighted by atomic mass is 10.0. The molecule has 1 saturated carbocycles. The van der Waals surface area contributed by atoms with Crippen LogP contribution in [0.1, 0.15) is 43.5 Å². The van der Waals surface area contributed by atoms with Crippen LogP contribution in [0.4, 0.5) is 0 Å². The van der Waals surface area contributed by atoms with Crippen LogP contribution in [0.25, 0.3) is 10.8 Å². The lowest BCUT2D eigenvalue weighted by Gasteiger charge is -2.14. The maximum atomic E-state index is 12.6. The molecule has 3 rings (SSSR count). The van der Waals surface area contributed by atoms with Gasteiger partial charge in [-0.3, -0.25) is 9.59 Å². The first kappa shape index (κ1) is 18.2. The van der Waals surface area contributed by atoms with E-state index in [4.69, 9.17) is 4.74 Å². The van der Waals surface area contributed by atoms with Gasteiger partial charge in [0, 0.05) is 12.6 Å². The largest absolute Gasteiger partial charge is 0.483 e. The molecular weight excluding hydrogens is 328 g/mol. The van der Waals surface area contributed by atoms with E-state index in [1.54, 1.807) is 0 Å². The fraction of sp³-hybridized carbons (Fsp3) is 0.429. The SMILES string of the molecule is CC(C)CCNC(=O)c1cc2ccccc2cc1OCC(=O)NC1CC1. The summed E-state index contributed by atoms with van der Waals surface area (Å²) in [5.41, 5.74) is 0.465. The third-order valence-corrected chi connectivity index (χ3v) is 4.40. The van der Waals surface area contributed by atoms with Gasteiger partial charge in [0.1, 0.15) is 5.75 Å². The Morgan fingerprint density at radius 3 is 2.50 bits per heavy atom. The lowest BCUT2D eigenvalue weighted by Crippen LogP contribution is -2.31. The van der Waals surface area contributed by atoms with Crippen molar-refractivity contribution < 1.29 is 14.3 Å². The predicted octanol–water partition coefficient (Wildman–Crippen LogP) is 3.27. The number of ether oxygens (including phenoxy) is 1. The third-order valence-electron chi connectivity index (χ3n) is 4.40. The Morgan fingerprint density at radius 1 is 1.15 bits per heavy atom. The highest BCUT2D eigenvalue weighted by Gasteiger charge is 2.23. The van der Waals surface area contributed by atoms with Crippen molar-refractivity contribution in [3.63, 3.8) is 0 Å². The molecule has 0 saturated heterocycles. The molecule has 2 amide bonds. The Kier molecular flexibility index (Phi) is 5.76. The van der Waals surface area contributed by atoms with Crippen molar-refractivity contribution in [3.05, 3.63) is 42.0 Å². The Balaban J connectivity index is 1.76. The van der Waals surface area contributed by atoms with Crippen LogP contribution >= 0.6 is 0 Å². The van der Waals surface area contributed by atoms with Gasteiger partial charge in [-0.05, 0) is 48.1 Å². The number of carbonyl (C=O) groups excluding carboxylic acids is 2. The molecule has 2 N–H and O–H groups in total. The lowest BCUT2D eigenvalue weighted by molar-refractivity contribution is -0.123. The summed E-state index contributed by atoms with van der Waals surface area (Å²) in [6.45, 7) is 4.77. The van der Waals surface area contributed by atoms with Crippen molar-refractivity contribution in [2.75, 3.05) is 13.2 Å². The van der Waals surface area contributed by atoms with E-state index < -0.39 is 0 Å². The molecule has 1 aliphatic carbocycles. The number of benzene rings is 2. The molecule has 5 nitrogen and oxygen atoms in total. The average molecular weight is 354 g/mol. The van der Waals surface area contributed by atoms with Crippen molar-refractivity contribution in [1.82, 2.24) is 10.6 Å². The van der Waals surface area contributed by atoms with Gasteiger partial charge in [-0.15, -0.1) is 0 Å². The minimum absolute atomic E-state index is 0.0822. The normalized spacial score (nSPS) is 13.7. The smallest absolute Gasteiger partial charge is 0.258 e. The summed E-state index contributed by atoms with van der Waals surface area (Å²) in [5, 5.41) is 7.78. The zero-order chi connectivity index (χ0) is 18.5. The maximum absolute atomic E-state index is 12.6. The molecule has 1 fully saturated rings. The van der Waals surface area contributed by atoms with E-state index in [0.717, 1.165) is 30.0 Å². The van der Waals surface area contributed by atoms with Gasteiger partial charge in [-0.1, -0.05) is 38.1 Å². The van der Waals surface area contributed by atoms with Crippen molar-refractivity contribution in [3.8, 4) is 5.75 Å². The minimum atomic E-state index is -0.172. The summed E-state index contributed by atoms with van der Waals surface area (Å²) in [4.78, 5) is 24.6. The number of fused-ring (bicyclic) bond motifs is 1. The van der Waals surface area contributed by atoms with E-state index in [1.807, 2.05) is 36.4 Å². The van der Waals surface area contributed by atoms with E-state index in [2.05, 4.69) is 24.5 Å². The van der Waals surface area contributed by atoms with Crippen LogP contribution in [-0.2, 0) is 4.79 Å². The van der Waals surface area contributed by atoms with Crippen LogP contribution in [0.5, 0.6) is 5.75 Å². The van der Waals surface area contributed by atoms with Crippen molar-refractivity contribution in [1.29, 1.82) is 0 Å². The Labute approximate surface area is 154 Å². The van der Waals surface area contributed by atoms with Crippen molar-refractivity contribution in [2.24, 2.45) is 5.92 Å². The van der Waals surface area contributed by atoms with Gasteiger partial charge in [0.05, 0.1) is 5.56 Å². The van der Waals surface area contributed by atoms with Gasteiger partial charge in [0.2, 0.25) is 0 Å². The van der Waals surface area contributed by atoms with Crippen molar-refractivity contribution in [2.45, 2.75) is 39.2 Å². The number of amides is 2. The molecule has 0 bridgehead atoms. The molecule has 0 unspecified atom stereocenters. The highest BCUT2D eigenvalue weighted by atomic mass is 16.5. The topological polar surface area (TPSA) is 67.4 Å². The summed E-state index contributed by atoms with van der Waals surface area (Å²) in [5.74, 6) is 0.645. The van der Waals surface area contributed by atoms with Crippen LogP contribution in [0.15, 0.2) is 36.4 Å². The van der Waals surface area contributed by atoms with E-state index in [1.165, 1.54) is 0 Å². The summed E-state index contributed by atoms with van der Waals surface area (Å²) in [6.07, 6.45) is 2.98. The molecule has 0 radical (unpaired) electrons. The molecular formula is C21H26N2O3. The molecule has 26 heavy (non-hydrogen) atoms. The number of hydrogen-bond acceptors (Lipinski definition) is 3. The average Bonchev–Trinajstić information content (AvgIpc) is 3.42. The molecule has 1 aliphatic rings. The fourth-order valence-electron chi connectivity index (χ4n) is 2.73. The quantitative estimate of drug-likeness (QED) is 0.764. The van der Waals surface area contributed by atoms with Crippen LogP contribution in [0.3, 0.4) is 0 Å².